The molecule has 1 aromatic heterocycles. The highest BCUT2D eigenvalue weighted by Gasteiger charge is 2.27. The van der Waals surface area contributed by atoms with E-state index >= 15 is 0 Å². The zero-order valence-corrected chi connectivity index (χ0v) is 19.2. The second kappa shape index (κ2) is 9.62. The molecule has 1 amide bonds. The van der Waals surface area contributed by atoms with Crippen LogP contribution in [0.2, 0.25) is 5.02 Å². The summed E-state index contributed by atoms with van der Waals surface area (Å²) in [6.07, 6.45) is 0. The molecule has 2 aromatic carbocycles. The molecule has 1 aliphatic heterocycles. The number of rotatable bonds is 7. The van der Waals surface area contributed by atoms with Crippen LogP contribution < -0.4 is 10.1 Å². The van der Waals surface area contributed by atoms with Crippen molar-refractivity contribution in [2.24, 2.45) is 4.99 Å². The zero-order valence-electron chi connectivity index (χ0n) is 18.4. The molecule has 4 rings (SSSR count). The number of halogens is 1. The summed E-state index contributed by atoms with van der Waals surface area (Å²) < 4.78 is 7.15. The lowest BCUT2D eigenvalue weighted by Gasteiger charge is -2.19. The van der Waals surface area contributed by atoms with E-state index in [2.05, 4.69) is 15.5 Å². The Morgan fingerprint density at radius 1 is 1.21 bits per heavy atom. The fourth-order valence-corrected chi connectivity index (χ4v) is 3.96. The number of aliphatic carboxylic acids is 1. The summed E-state index contributed by atoms with van der Waals surface area (Å²) in [5.74, 6) is -1.98. The van der Waals surface area contributed by atoms with E-state index < -0.39 is 30.4 Å². The third-order valence-corrected chi connectivity index (χ3v) is 5.93. The standard InChI is InChI=1S/C23H22ClN5O5/c1-12(21(31)26-17(11-30)22(32)33)13-7-8-18-15(9-13)20(14-5-3-4-6-16(14)24)25-10-19-27-28-23(34-2)29(18)19/h3-9,12,17,30H,10-11H2,1-2H3,(H,26,31)(H,32,33)/t12?,17-/m0/s1. The van der Waals surface area contributed by atoms with Gasteiger partial charge in [0.15, 0.2) is 5.82 Å². The Balaban J connectivity index is 1.83. The normalized spacial score (nSPS) is 14.2. The average Bonchev–Trinajstić information content (AvgIpc) is 3.18. The molecule has 0 bridgehead atoms. The van der Waals surface area contributed by atoms with Crippen LogP contribution in [0.4, 0.5) is 0 Å². The zero-order chi connectivity index (χ0) is 24.4. The number of nitrogens with zero attached hydrogens (tertiary/aromatic N) is 4. The molecule has 2 heterocycles. The van der Waals surface area contributed by atoms with Gasteiger partial charge in [-0.1, -0.05) is 41.0 Å². The molecule has 11 heteroatoms. The van der Waals surface area contributed by atoms with Gasteiger partial charge < -0.3 is 20.3 Å². The van der Waals surface area contributed by atoms with Crippen LogP contribution in [0.25, 0.3) is 5.69 Å². The molecule has 3 aromatic rings. The minimum atomic E-state index is -1.39. The van der Waals surface area contributed by atoms with Crippen molar-refractivity contribution >= 4 is 29.2 Å². The maximum Gasteiger partial charge on any atom is 0.328 e. The first kappa shape index (κ1) is 23.4. The molecule has 10 nitrogen and oxygen atoms in total. The average molecular weight is 484 g/mol. The van der Waals surface area contributed by atoms with Gasteiger partial charge in [-0.15, -0.1) is 5.10 Å². The summed E-state index contributed by atoms with van der Waals surface area (Å²) in [7, 11) is 1.50. The van der Waals surface area contributed by atoms with Gasteiger partial charge in [0.2, 0.25) is 5.91 Å². The third-order valence-electron chi connectivity index (χ3n) is 5.60. The summed E-state index contributed by atoms with van der Waals surface area (Å²) >= 11 is 6.49. The highest BCUT2D eigenvalue weighted by molar-refractivity contribution is 6.35. The predicted molar refractivity (Wildman–Crippen MR) is 124 cm³/mol. The number of benzene rings is 2. The van der Waals surface area contributed by atoms with E-state index in [4.69, 9.17) is 26.4 Å². The van der Waals surface area contributed by atoms with Crippen LogP contribution in [0.1, 0.15) is 35.4 Å². The molecule has 0 spiro atoms. The first-order chi connectivity index (χ1) is 16.3. The van der Waals surface area contributed by atoms with E-state index in [1.807, 2.05) is 30.3 Å². The number of aliphatic hydroxyl groups excluding tert-OH is 1. The van der Waals surface area contributed by atoms with Gasteiger partial charge in [0.05, 0.1) is 31.0 Å². The number of carboxylic acid groups (broad SMARTS) is 1. The smallest absolute Gasteiger partial charge is 0.328 e. The number of methoxy groups -OCH3 is 1. The Morgan fingerprint density at radius 2 is 1.97 bits per heavy atom. The van der Waals surface area contributed by atoms with E-state index in [1.165, 1.54) is 7.11 Å². The molecule has 0 radical (unpaired) electrons. The van der Waals surface area contributed by atoms with Crippen molar-refractivity contribution in [2.45, 2.75) is 25.4 Å². The van der Waals surface area contributed by atoms with Gasteiger partial charge >= 0.3 is 12.0 Å². The van der Waals surface area contributed by atoms with Gasteiger partial charge in [-0.2, -0.15) is 0 Å². The fourth-order valence-electron chi connectivity index (χ4n) is 3.74. The number of aliphatic hydroxyl groups is 1. The second-order valence-corrected chi connectivity index (χ2v) is 8.07. The maximum atomic E-state index is 12.7. The van der Waals surface area contributed by atoms with Gasteiger partial charge in [0, 0.05) is 16.1 Å². The highest BCUT2D eigenvalue weighted by atomic mass is 35.5. The second-order valence-electron chi connectivity index (χ2n) is 7.66. The number of carboxylic acids is 1. The highest BCUT2D eigenvalue weighted by Crippen LogP contribution is 2.32. The maximum absolute atomic E-state index is 12.7. The van der Waals surface area contributed by atoms with Crippen molar-refractivity contribution in [1.29, 1.82) is 0 Å². The summed E-state index contributed by atoms with van der Waals surface area (Å²) in [5, 5.41) is 29.5. The number of carbonyl (C=O) groups excluding carboxylic acids is 1. The number of hydrogen-bond donors (Lipinski definition) is 3. The quantitative estimate of drug-likeness (QED) is 0.466. The van der Waals surface area contributed by atoms with Crippen molar-refractivity contribution in [2.75, 3.05) is 13.7 Å². The minimum Gasteiger partial charge on any atom is -0.480 e. The molecule has 0 fully saturated rings. The van der Waals surface area contributed by atoms with Crippen LogP contribution in [0, 0.1) is 0 Å². The molecule has 3 N–H and O–H groups in total. The van der Waals surface area contributed by atoms with Crippen molar-refractivity contribution < 1.29 is 24.5 Å². The van der Waals surface area contributed by atoms with Crippen LogP contribution in [-0.2, 0) is 16.1 Å². The van der Waals surface area contributed by atoms with Crippen LogP contribution in [0.15, 0.2) is 47.5 Å². The number of aliphatic imine (C=N–C) groups is 1. The SMILES string of the molecule is COc1nnc2n1-c1ccc(C(C)C(=O)N[C@@H](CO)C(=O)O)cc1C(c1ccccc1Cl)=NC2. The predicted octanol–water partition coefficient (Wildman–Crippen LogP) is 1.95. The van der Waals surface area contributed by atoms with Crippen molar-refractivity contribution in [3.05, 3.63) is 70.0 Å². The van der Waals surface area contributed by atoms with E-state index in [-0.39, 0.29) is 12.6 Å². The van der Waals surface area contributed by atoms with Crippen molar-refractivity contribution in [1.82, 2.24) is 20.1 Å². The van der Waals surface area contributed by atoms with Gasteiger partial charge in [-0.3, -0.25) is 9.79 Å². The molecule has 176 valence electrons. The molecule has 1 aliphatic rings. The molecular weight excluding hydrogens is 462 g/mol. The first-order valence-corrected chi connectivity index (χ1v) is 10.8. The molecule has 1 unspecified atom stereocenters. The number of aromatic nitrogens is 3. The third kappa shape index (κ3) is 4.25. The van der Waals surface area contributed by atoms with Crippen LogP contribution in [-0.4, -0.2) is 62.3 Å². The van der Waals surface area contributed by atoms with Crippen LogP contribution in [0.5, 0.6) is 6.01 Å². The topological polar surface area (TPSA) is 139 Å². The van der Waals surface area contributed by atoms with Crippen LogP contribution in [0.3, 0.4) is 0 Å². The number of amides is 1. The van der Waals surface area contributed by atoms with Crippen molar-refractivity contribution in [3.63, 3.8) is 0 Å². The number of carbonyl (C=O) groups is 2. The monoisotopic (exact) mass is 483 g/mol. The summed E-state index contributed by atoms with van der Waals surface area (Å²) in [5.41, 5.74) is 3.32. The summed E-state index contributed by atoms with van der Waals surface area (Å²) in [4.78, 5) is 28.7. The molecule has 2 atom stereocenters. The van der Waals surface area contributed by atoms with Gasteiger partial charge in [-0.25, -0.2) is 9.36 Å². The number of ether oxygens (including phenoxy) is 1. The molecule has 0 saturated heterocycles. The lowest BCUT2D eigenvalue weighted by molar-refractivity contribution is -0.143. The molecular formula is C23H22ClN5O5. The van der Waals surface area contributed by atoms with E-state index in [0.29, 0.717) is 38.9 Å². The Bertz CT molecular complexity index is 1290. The van der Waals surface area contributed by atoms with E-state index in [1.54, 1.807) is 23.6 Å². The number of nitrogens with one attached hydrogen (secondary N) is 1. The van der Waals surface area contributed by atoms with E-state index in [9.17, 15) is 14.7 Å². The van der Waals surface area contributed by atoms with Gasteiger partial charge in [0.1, 0.15) is 12.6 Å². The Morgan fingerprint density at radius 3 is 2.65 bits per heavy atom. The lowest BCUT2D eigenvalue weighted by Crippen LogP contribution is -2.44. The Hall–Kier alpha value is -3.76. The Kier molecular flexibility index (Phi) is 6.62. The Labute approximate surface area is 199 Å². The minimum absolute atomic E-state index is 0.230. The number of fused-ring (bicyclic) bond motifs is 3. The molecule has 34 heavy (non-hydrogen) atoms. The van der Waals surface area contributed by atoms with Gasteiger partial charge in [0.25, 0.3) is 0 Å². The van der Waals surface area contributed by atoms with Gasteiger partial charge in [-0.05, 0) is 30.7 Å². The molecule has 0 saturated carbocycles. The lowest BCUT2D eigenvalue weighted by atomic mass is 9.93. The summed E-state index contributed by atoms with van der Waals surface area (Å²) in [6.45, 7) is 1.17. The largest absolute Gasteiger partial charge is 0.480 e. The van der Waals surface area contributed by atoms with E-state index in [0.717, 1.165) is 0 Å². The number of hydrogen-bond acceptors (Lipinski definition) is 7. The van der Waals surface area contributed by atoms with Crippen LogP contribution >= 0.6 is 11.6 Å². The fraction of sp³-hybridized carbons (Fsp3) is 0.261. The molecule has 0 aliphatic carbocycles. The van der Waals surface area contributed by atoms with Crippen molar-refractivity contribution in [3.8, 4) is 11.7 Å². The first-order valence-electron chi connectivity index (χ1n) is 10.4. The summed E-state index contributed by atoms with van der Waals surface area (Å²) in [6, 6.07) is 11.6.